The second-order valence-corrected chi connectivity index (χ2v) is 23.8. The molecule has 0 aromatic carbocycles. The lowest BCUT2D eigenvalue weighted by atomic mass is 11.0. The van der Waals surface area contributed by atoms with Crippen LogP contribution < -0.4 is 0 Å². The van der Waals surface area contributed by atoms with Crippen LogP contribution in [0, 0.1) is 0 Å². The van der Waals surface area contributed by atoms with Crippen molar-refractivity contribution in [2.24, 2.45) is 0 Å². The van der Waals surface area contributed by atoms with Crippen LogP contribution in [0.4, 0.5) is 0 Å². The van der Waals surface area contributed by atoms with E-state index in [2.05, 4.69) is 61.7 Å². The molecule has 0 N–H and O–H groups in total. The highest BCUT2D eigenvalue weighted by Crippen LogP contribution is 2.24. The smallest absolute Gasteiger partial charge is 0.108 e. The average molecular weight is 239 g/mol. The summed E-state index contributed by atoms with van der Waals surface area (Å²) in [5, 5.41) is 0. The first kappa shape index (κ1) is 13.1. The molecule has 0 aliphatic heterocycles. The van der Waals surface area contributed by atoms with Gasteiger partial charge in [0.05, 0.1) is 0 Å². The van der Waals surface area contributed by atoms with Gasteiger partial charge in [-0.1, -0.05) is 39.3 Å². The van der Waals surface area contributed by atoms with Crippen LogP contribution in [0.3, 0.4) is 0 Å². The Morgan fingerprint density at radius 2 is 0.917 bits per heavy atom. The first-order chi connectivity index (χ1) is 5.21. The van der Waals surface area contributed by atoms with Crippen molar-refractivity contribution in [3.8, 4) is 0 Å². The van der Waals surface area contributed by atoms with Crippen LogP contribution in [-0.4, -0.2) is 26.0 Å². The fourth-order valence-electron chi connectivity index (χ4n) is 0.696. The van der Waals surface area contributed by atoms with Gasteiger partial charge in [0.25, 0.3) is 0 Å². The van der Waals surface area contributed by atoms with E-state index in [0.29, 0.717) is 0 Å². The van der Waals surface area contributed by atoms with E-state index in [1.54, 1.807) is 0 Å². The first-order valence-electron chi connectivity index (χ1n) is 4.49. The summed E-state index contributed by atoms with van der Waals surface area (Å²) in [5.74, 6) is 2.73. The molecule has 4 heteroatoms. The molecule has 0 saturated heterocycles. The highest BCUT2D eigenvalue weighted by molar-refractivity contribution is 8.31. The molecule has 0 aliphatic rings. The van der Waals surface area contributed by atoms with Crippen molar-refractivity contribution in [3.63, 3.8) is 0 Å². The van der Waals surface area contributed by atoms with Crippen LogP contribution in [-0.2, 0) is 0 Å². The van der Waals surface area contributed by atoms with E-state index in [4.69, 9.17) is 0 Å². The SMILES string of the molecule is C[Si](C)(C)SCCS[Si](C)(C)C. The van der Waals surface area contributed by atoms with E-state index >= 15 is 0 Å². The normalized spacial score (nSPS) is 13.5. The quantitative estimate of drug-likeness (QED) is 0.522. The van der Waals surface area contributed by atoms with Gasteiger partial charge in [0.15, 0.2) is 0 Å². The standard InChI is InChI=1S/C8H22S2Si2/c1-11(2,3)9-7-8-10-12(4,5)6/h7-8H2,1-6H3. The molecule has 0 bridgehead atoms. The Labute approximate surface area is 87.6 Å². The lowest BCUT2D eigenvalue weighted by Gasteiger charge is -2.18. The summed E-state index contributed by atoms with van der Waals surface area (Å²) < 4.78 is 0. The summed E-state index contributed by atoms with van der Waals surface area (Å²) in [5.41, 5.74) is 0. The zero-order chi connectivity index (χ0) is 9.83. The lowest BCUT2D eigenvalue weighted by molar-refractivity contribution is 1.57. The van der Waals surface area contributed by atoms with Gasteiger partial charge in [0.1, 0.15) is 14.4 Å². The zero-order valence-corrected chi connectivity index (χ0v) is 12.9. The van der Waals surface area contributed by atoms with Crippen LogP contribution in [0.2, 0.25) is 39.3 Å². The van der Waals surface area contributed by atoms with Gasteiger partial charge in [-0.3, -0.25) is 0 Å². The minimum Gasteiger partial charge on any atom is -0.185 e. The Morgan fingerprint density at radius 1 is 0.667 bits per heavy atom. The van der Waals surface area contributed by atoms with Crippen LogP contribution in [0.15, 0.2) is 0 Å². The summed E-state index contributed by atoms with van der Waals surface area (Å²) in [4.78, 5) is 0. The zero-order valence-electron chi connectivity index (χ0n) is 9.23. The van der Waals surface area contributed by atoms with E-state index in [9.17, 15) is 0 Å². The predicted octanol–water partition coefficient (Wildman–Crippen LogP) is 4.12. The molecular weight excluding hydrogens is 216 g/mol. The molecule has 0 aromatic heterocycles. The van der Waals surface area contributed by atoms with Crippen molar-refractivity contribution >= 4 is 36.9 Å². The third-order valence-corrected chi connectivity index (χ3v) is 10.4. The van der Waals surface area contributed by atoms with Crippen LogP contribution in [0.5, 0.6) is 0 Å². The molecule has 0 unspecified atom stereocenters. The molecular formula is C8H22S2Si2. The van der Waals surface area contributed by atoms with Crippen molar-refractivity contribution in [2.75, 3.05) is 11.5 Å². The minimum atomic E-state index is -0.835. The summed E-state index contributed by atoms with van der Waals surface area (Å²) in [7, 11) is -1.67. The topological polar surface area (TPSA) is 0 Å². The molecule has 74 valence electrons. The van der Waals surface area contributed by atoms with Gasteiger partial charge in [0.2, 0.25) is 0 Å². The fourth-order valence-corrected chi connectivity index (χ4v) is 7.76. The molecule has 0 heterocycles. The second-order valence-electron chi connectivity index (χ2n) is 4.92. The first-order valence-corrected chi connectivity index (χ1v) is 14.9. The molecule has 0 saturated carbocycles. The Bertz CT molecular complexity index is 108. The van der Waals surface area contributed by atoms with Gasteiger partial charge in [0, 0.05) is 0 Å². The molecule has 0 spiro atoms. The van der Waals surface area contributed by atoms with Crippen molar-refractivity contribution < 1.29 is 0 Å². The predicted molar refractivity (Wildman–Crippen MR) is 71.6 cm³/mol. The molecule has 0 aliphatic carbocycles. The second kappa shape index (κ2) is 5.12. The van der Waals surface area contributed by atoms with E-state index in [1.807, 2.05) is 0 Å². The highest BCUT2D eigenvalue weighted by Gasteiger charge is 2.16. The molecule has 0 rings (SSSR count). The number of rotatable bonds is 5. The van der Waals surface area contributed by atoms with Gasteiger partial charge in [-0.2, -0.15) is 22.4 Å². The van der Waals surface area contributed by atoms with Gasteiger partial charge >= 0.3 is 0 Å². The van der Waals surface area contributed by atoms with Gasteiger partial charge in [-0.05, 0) is 11.5 Å². The van der Waals surface area contributed by atoms with Gasteiger partial charge in [-0.25, -0.2) is 0 Å². The molecule has 0 radical (unpaired) electrons. The van der Waals surface area contributed by atoms with Gasteiger partial charge in [-0.15, -0.1) is 0 Å². The minimum absolute atomic E-state index is 0.835. The Balaban J connectivity index is 3.35. The summed E-state index contributed by atoms with van der Waals surface area (Å²) in [6, 6.07) is 0. The number of hydrogen-bond donors (Lipinski definition) is 0. The highest BCUT2D eigenvalue weighted by atomic mass is 32.4. The average Bonchev–Trinajstić information content (AvgIpc) is 1.76. The third kappa shape index (κ3) is 11.1. The monoisotopic (exact) mass is 238 g/mol. The summed E-state index contributed by atoms with van der Waals surface area (Å²) >= 11 is 4.43. The molecule has 0 nitrogen and oxygen atoms in total. The van der Waals surface area contributed by atoms with E-state index in [-0.39, 0.29) is 0 Å². The van der Waals surface area contributed by atoms with E-state index < -0.39 is 14.4 Å². The van der Waals surface area contributed by atoms with E-state index in [1.165, 1.54) is 11.5 Å². The maximum atomic E-state index is 2.43. The van der Waals surface area contributed by atoms with Crippen LogP contribution >= 0.6 is 22.4 Å². The Kier molecular flexibility index (Phi) is 5.61. The maximum absolute atomic E-state index is 2.43. The lowest BCUT2D eigenvalue weighted by Crippen LogP contribution is -2.18. The molecule has 0 amide bonds. The Hall–Kier alpha value is 1.13. The molecule has 0 aromatic rings. The van der Waals surface area contributed by atoms with Crippen LogP contribution in [0.25, 0.3) is 0 Å². The van der Waals surface area contributed by atoms with Crippen molar-refractivity contribution in [3.05, 3.63) is 0 Å². The van der Waals surface area contributed by atoms with Crippen molar-refractivity contribution in [1.82, 2.24) is 0 Å². The maximum Gasteiger partial charge on any atom is 0.108 e. The van der Waals surface area contributed by atoms with E-state index in [0.717, 1.165) is 0 Å². The van der Waals surface area contributed by atoms with Crippen LogP contribution in [0.1, 0.15) is 0 Å². The third-order valence-electron chi connectivity index (χ3n) is 1.15. The Morgan fingerprint density at radius 3 is 1.08 bits per heavy atom. The molecule has 0 atom stereocenters. The van der Waals surface area contributed by atoms with Crippen molar-refractivity contribution in [1.29, 1.82) is 0 Å². The number of hydrogen-bond acceptors (Lipinski definition) is 2. The molecule has 0 fully saturated rings. The molecule has 12 heavy (non-hydrogen) atoms. The fraction of sp³-hybridized carbons (Fsp3) is 1.00. The van der Waals surface area contributed by atoms with Gasteiger partial charge < -0.3 is 0 Å². The summed E-state index contributed by atoms with van der Waals surface area (Å²) in [6.45, 7) is 14.6. The van der Waals surface area contributed by atoms with Crippen molar-refractivity contribution in [2.45, 2.75) is 39.3 Å². The summed E-state index contributed by atoms with van der Waals surface area (Å²) in [6.07, 6.45) is 0. The largest absolute Gasteiger partial charge is 0.185 e.